The maximum Gasteiger partial charge on any atom is 0.264 e. The van der Waals surface area contributed by atoms with Gasteiger partial charge in [0.05, 0.1) is 0 Å². The number of aryl methyl sites for hydroxylation is 1. The molecular weight excluding hydrogens is 330 g/mol. The molecule has 0 aliphatic heterocycles. The zero-order valence-electron chi connectivity index (χ0n) is 13.4. The highest BCUT2D eigenvalue weighted by atomic mass is 32.2. The van der Waals surface area contributed by atoms with E-state index in [9.17, 15) is 13.2 Å². The quantitative estimate of drug-likeness (QED) is 0.602. The molecule has 1 aromatic carbocycles. The number of carbonyl (C=O) groups excluding carboxylic acids is 1. The van der Waals surface area contributed by atoms with Crippen LogP contribution in [0.25, 0.3) is 11.1 Å². The fourth-order valence-electron chi connectivity index (χ4n) is 2.20. The number of sulfone groups is 1. The van der Waals surface area contributed by atoms with E-state index in [1.807, 2.05) is 30.3 Å². The van der Waals surface area contributed by atoms with Gasteiger partial charge in [0.15, 0.2) is 9.84 Å². The van der Waals surface area contributed by atoms with Crippen molar-refractivity contribution in [2.75, 3.05) is 6.26 Å². The summed E-state index contributed by atoms with van der Waals surface area (Å²) in [6.45, 7) is 1.27. The Labute approximate surface area is 140 Å². The first-order chi connectivity index (χ1) is 11.3. The number of hydrogen-bond donors (Lipinski definition) is 2. The summed E-state index contributed by atoms with van der Waals surface area (Å²) >= 11 is 0. The Morgan fingerprint density at radius 2 is 1.75 bits per heavy atom. The van der Waals surface area contributed by atoms with Gasteiger partial charge in [-0.1, -0.05) is 30.3 Å². The Balaban J connectivity index is 2.15. The number of aromatic nitrogens is 2. The minimum Gasteiger partial charge on any atom is -0.289 e. The van der Waals surface area contributed by atoms with Gasteiger partial charge in [-0.05, 0) is 18.9 Å². The Hall–Kier alpha value is -2.32. The second-order valence-corrected chi connectivity index (χ2v) is 8.14. The monoisotopic (exact) mass is 349 g/mol. The first-order valence-electron chi connectivity index (χ1n) is 7.28. The predicted molar refractivity (Wildman–Crippen MR) is 89.0 cm³/mol. The second kappa shape index (κ2) is 7.06. The van der Waals surface area contributed by atoms with Crippen molar-refractivity contribution in [3.63, 3.8) is 0 Å². The van der Waals surface area contributed by atoms with Crippen LogP contribution in [0.5, 0.6) is 0 Å². The number of carbonyl (C=O) groups is 1. The van der Waals surface area contributed by atoms with E-state index in [0.29, 0.717) is 5.82 Å². The topological polar surface area (TPSA) is 109 Å². The lowest BCUT2D eigenvalue weighted by molar-refractivity contribution is -0.131. The lowest BCUT2D eigenvalue weighted by atomic mass is 10.0. The van der Waals surface area contributed by atoms with Crippen molar-refractivity contribution < 1.29 is 18.4 Å². The van der Waals surface area contributed by atoms with Crippen LogP contribution in [-0.4, -0.2) is 40.5 Å². The normalized spacial score (nSPS) is 14.0. The van der Waals surface area contributed by atoms with E-state index < -0.39 is 20.5 Å². The highest BCUT2D eigenvalue weighted by Crippen LogP contribution is 2.23. The van der Waals surface area contributed by atoms with Gasteiger partial charge in [-0.15, -0.1) is 0 Å². The van der Waals surface area contributed by atoms with Gasteiger partial charge in [0.25, 0.3) is 5.91 Å². The molecule has 7 nitrogen and oxygen atoms in total. The number of hydrogen-bond acceptors (Lipinski definition) is 6. The fraction of sp³-hybridized carbons (Fsp3) is 0.312. The molecule has 1 heterocycles. The van der Waals surface area contributed by atoms with Crippen molar-refractivity contribution in [3.05, 3.63) is 48.5 Å². The standard InChI is InChI=1S/C16H19N3O4S/c1-16(15(20)19-21,24(2,22)23)9-8-14-17-10-13(11-18-14)12-6-4-3-5-7-12/h3-7,10-11,21H,8-9H2,1-2H3,(H,19,20)/t16-/m1/s1. The molecule has 1 aromatic heterocycles. The van der Waals surface area contributed by atoms with Gasteiger partial charge in [0, 0.05) is 30.6 Å². The highest BCUT2D eigenvalue weighted by molar-refractivity contribution is 7.92. The molecule has 0 saturated carbocycles. The lowest BCUT2D eigenvalue weighted by Crippen LogP contribution is -2.49. The van der Waals surface area contributed by atoms with Crippen LogP contribution in [0, 0.1) is 0 Å². The zero-order valence-corrected chi connectivity index (χ0v) is 14.2. The van der Waals surface area contributed by atoms with E-state index in [2.05, 4.69) is 9.97 Å². The fourth-order valence-corrected chi connectivity index (χ4v) is 3.05. The van der Waals surface area contributed by atoms with Crippen LogP contribution in [-0.2, 0) is 21.1 Å². The van der Waals surface area contributed by atoms with Crippen molar-refractivity contribution in [2.45, 2.75) is 24.5 Å². The summed E-state index contributed by atoms with van der Waals surface area (Å²) in [4.78, 5) is 20.2. The van der Waals surface area contributed by atoms with Crippen LogP contribution < -0.4 is 5.48 Å². The van der Waals surface area contributed by atoms with Crippen molar-refractivity contribution in [3.8, 4) is 11.1 Å². The number of nitrogens with one attached hydrogen (secondary N) is 1. The summed E-state index contributed by atoms with van der Waals surface area (Å²) in [5.74, 6) is -0.541. The average Bonchev–Trinajstić information content (AvgIpc) is 2.59. The minimum absolute atomic E-state index is 0.0388. The van der Waals surface area contributed by atoms with Crippen LogP contribution in [0.4, 0.5) is 0 Å². The third-order valence-electron chi connectivity index (χ3n) is 4.04. The van der Waals surface area contributed by atoms with Crippen molar-refractivity contribution >= 4 is 15.7 Å². The van der Waals surface area contributed by atoms with Crippen LogP contribution in [0.1, 0.15) is 19.2 Å². The van der Waals surface area contributed by atoms with E-state index in [1.54, 1.807) is 12.4 Å². The van der Waals surface area contributed by atoms with Crippen LogP contribution >= 0.6 is 0 Å². The molecule has 0 spiro atoms. The summed E-state index contributed by atoms with van der Waals surface area (Å²) in [5.41, 5.74) is 3.24. The zero-order chi connectivity index (χ0) is 17.8. The van der Waals surface area contributed by atoms with Gasteiger partial charge < -0.3 is 0 Å². The summed E-state index contributed by atoms with van der Waals surface area (Å²) in [5, 5.41) is 8.80. The molecule has 2 N–H and O–H groups in total. The molecule has 0 radical (unpaired) electrons. The summed E-state index contributed by atoms with van der Waals surface area (Å²) in [6, 6.07) is 9.61. The highest BCUT2D eigenvalue weighted by Gasteiger charge is 2.43. The SMILES string of the molecule is C[C@@](CCc1ncc(-c2ccccc2)cn1)(C(=O)NO)S(C)(=O)=O. The second-order valence-electron chi connectivity index (χ2n) is 5.70. The van der Waals surface area contributed by atoms with E-state index in [4.69, 9.17) is 5.21 Å². The Bertz CT molecular complexity index is 807. The third kappa shape index (κ3) is 3.77. The van der Waals surface area contributed by atoms with E-state index in [0.717, 1.165) is 17.4 Å². The van der Waals surface area contributed by atoms with Gasteiger partial charge in [0.2, 0.25) is 0 Å². The van der Waals surface area contributed by atoms with Crippen LogP contribution in [0.2, 0.25) is 0 Å². The first-order valence-corrected chi connectivity index (χ1v) is 9.17. The molecule has 24 heavy (non-hydrogen) atoms. The van der Waals surface area contributed by atoms with E-state index in [-0.39, 0.29) is 12.8 Å². The van der Waals surface area contributed by atoms with Gasteiger partial charge in [-0.25, -0.2) is 23.9 Å². The maximum absolute atomic E-state index is 11.9. The molecule has 0 aliphatic carbocycles. The minimum atomic E-state index is -3.72. The molecule has 0 aliphatic rings. The van der Waals surface area contributed by atoms with Gasteiger partial charge in [-0.3, -0.25) is 10.0 Å². The summed E-state index contributed by atoms with van der Waals surface area (Å²) in [7, 11) is -3.72. The molecule has 2 rings (SSSR count). The molecule has 128 valence electrons. The summed E-state index contributed by atoms with van der Waals surface area (Å²) < 4.78 is 22.1. The Kier molecular flexibility index (Phi) is 5.30. The predicted octanol–water partition coefficient (Wildman–Crippen LogP) is 1.38. The molecule has 2 aromatic rings. The molecule has 0 bridgehead atoms. The smallest absolute Gasteiger partial charge is 0.264 e. The first kappa shape index (κ1) is 18.0. The van der Waals surface area contributed by atoms with Crippen molar-refractivity contribution in [2.24, 2.45) is 0 Å². The molecule has 0 saturated heterocycles. The van der Waals surface area contributed by atoms with Crippen LogP contribution in [0.15, 0.2) is 42.7 Å². The molecular formula is C16H19N3O4S. The molecule has 1 atom stereocenters. The van der Waals surface area contributed by atoms with Crippen molar-refractivity contribution in [1.29, 1.82) is 0 Å². The van der Waals surface area contributed by atoms with Gasteiger partial charge in [-0.2, -0.15) is 0 Å². The molecule has 0 unspecified atom stereocenters. The largest absolute Gasteiger partial charge is 0.289 e. The van der Waals surface area contributed by atoms with E-state index >= 15 is 0 Å². The van der Waals surface area contributed by atoms with Crippen molar-refractivity contribution in [1.82, 2.24) is 15.4 Å². The van der Waals surface area contributed by atoms with E-state index in [1.165, 1.54) is 12.4 Å². The molecule has 8 heteroatoms. The van der Waals surface area contributed by atoms with Crippen LogP contribution in [0.3, 0.4) is 0 Å². The summed E-state index contributed by atoms with van der Waals surface area (Å²) in [6.07, 6.45) is 4.42. The molecule has 0 fully saturated rings. The number of hydroxylamine groups is 1. The Morgan fingerprint density at radius 3 is 2.25 bits per heavy atom. The third-order valence-corrected chi connectivity index (χ3v) is 6.06. The van der Waals surface area contributed by atoms with Gasteiger partial charge in [0.1, 0.15) is 10.6 Å². The van der Waals surface area contributed by atoms with Gasteiger partial charge >= 0.3 is 0 Å². The number of amides is 1. The number of benzene rings is 1. The number of nitrogens with zero attached hydrogens (tertiary/aromatic N) is 2. The lowest BCUT2D eigenvalue weighted by Gasteiger charge is -2.24. The average molecular weight is 349 g/mol. The molecule has 1 amide bonds. The number of rotatable bonds is 6. The Morgan fingerprint density at radius 1 is 1.17 bits per heavy atom. The maximum atomic E-state index is 11.9.